The summed E-state index contributed by atoms with van der Waals surface area (Å²) in [6.45, 7) is 1.79. The minimum Gasteiger partial charge on any atom is -0.340 e. The molecule has 164 valence electrons. The molecule has 0 aliphatic rings. The number of nitrogens with zero attached hydrogens (tertiary/aromatic N) is 4. The summed E-state index contributed by atoms with van der Waals surface area (Å²) < 4.78 is 0. The molecule has 2 aromatic carbocycles. The SMILES string of the molecule is Cc1nc(Nc2ccc(NC(=O)c3cccc([N+](=O)[O-])c3)cc2)cc(Nc2ccccn2)n1. The molecule has 0 saturated carbocycles. The Kier molecular flexibility index (Phi) is 6.17. The maximum Gasteiger partial charge on any atom is 0.270 e. The molecule has 3 N–H and O–H groups in total. The predicted molar refractivity (Wildman–Crippen MR) is 125 cm³/mol. The van der Waals surface area contributed by atoms with Crippen molar-refractivity contribution in [3.63, 3.8) is 0 Å². The Bertz CT molecular complexity index is 1300. The van der Waals surface area contributed by atoms with E-state index in [1.165, 1.54) is 24.3 Å². The molecule has 33 heavy (non-hydrogen) atoms. The summed E-state index contributed by atoms with van der Waals surface area (Å²) in [5.74, 6) is 2.01. The molecule has 0 spiro atoms. The lowest BCUT2D eigenvalue weighted by Crippen LogP contribution is -2.12. The first-order chi connectivity index (χ1) is 16.0. The smallest absolute Gasteiger partial charge is 0.270 e. The first-order valence-corrected chi connectivity index (χ1v) is 9.93. The summed E-state index contributed by atoms with van der Waals surface area (Å²) in [7, 11) is 0. The Morgan fingerprint density at radius 3 is 2.27 bits per heavy atom. The molecule has 2 heterocycles. The Balaban J connectivity index is 1.43. The number of anilines is 5. The van der Waals surface area contributed by atoms with E-state index in [9.17, 15) is 14.9 Å². The van der Waals surface area contributed by atoms with Crippen molar-refractivity contribution in [2.24, 2.45) is 0 Å². The number of benzene rings is 2. The average molecular weight is 441 g/mol. The van der Waals surface area contributed by atoms with Crippen molar-refractivity contribution in [1.82, 2.24) is 15.0 Å². The van der Waals surface area contributed by atoms with Gasteiger partial charge in [-0.3, -0.25) is 14.9 Å². The second kappa shape index (κ2) is 9.52. The highest BCUT2D eigenvalue weighted by atomic mass is 16.6. The van der Waals surface area contributed by atoms with E-state index in [1.54, 1.807) is 43.5 Å². The highest BCUT2D eigenvalue weighted by Crippen LogP contribution is 2.22. The van der Waals surface area contributed by atoms with E-state index in [4.69, 9.17) is 0 Å². The molecule has 4 rings (SSSR count). The van der Waals surface area contributed by atoms with Crippen LogP contribution < -0.4 is 16.0 Å². The molecule has 0 atom stereocenters. The Labute approximate surface area is 188 Å². The van der Waals surface area contributed by atoms with E-state index in [0.717, 1.165) is 5.69 Å². The molecule has 10 heteroatoms. The van der Waals surface area contributed by atoms with Crippen LogP contribution in [0, 0.1) is 17.0 Å². The number of nitrogens with one attached hydrogen (secondary N) is 3. The lowest BCUT2D eigenvalue weighted by atomic mass is 10.2. The fourth-order valence-corrected chi connectivity index (χ4v) is 3.01. The van der Waals surface area contributed by atoms with Crippen LogP contribution in [0.5, 0.6) is 0 Å². The van der Waals surface area contributed by atoms with E-state index >= 15 is 0 Å². The predicted octanol–water partition coefficient (Wildman–Crippen LogP) is 4.83. The zero-order chi connectivity index (χ0) is 23.2. The maximum absolute atomic E-state index is 12.4. The first-order valence-electron chi connectivity index (χ1n) is 9.93. The third kappa shape index (κ3) is 5.64. The molecule has 0 aliphatic carbocycles. The number of carbonyl (C=O) groups excluding carboxylic acids is 1. The quantitative estimate of drug-likeness (QED) is 0.274. The van der Waals surface area contributed by atoms with Crippen LogP contribution in [0.2, 0.25) is 0 Å². The molecular weight excluding hydrogens is 422 g/mol. The van der Waals surface area contributed by atoms with Gasteiger partial charge in [0.2, 0.25) is 0 Å². The number of hydrogen-bond donors (Lipinski definition) is 3. The van der Waals surface area contributed by atoms with Gasteiger partial charge in [0.15, 0.2) is 0 Å². The number of carbonyl (C=O) groups is 1. The molecule has 2 aromatic heterocycles. The van der Waals surface area contributed by atoms with Crippen LogP contribution in [0.25, 0.3) is 0 Å². The molecule has 4 aromatic rings. The van der Waals surface area contributed by atoms with E-state index in [0.29, 0.717) is 29.0 Å². The highest BCUT2D eigenvalue weighted by molar-refractivity contribution is 6.04. The van der Waals surface area contributed by atoms with Gasteiger partial charge in [0.1, 0.15) is 23.3 Å². The van der Waals surface area contributed by atoms with Crippen LogP contribution in [-0.4, -0.2) is 25.8 Å². The second-order valence-corrected chi connectivity index (χ2v) is 6.99. The largest absolute Gasteiger partial charge is 0.340 e. The van der Waals surface area contributed by atoms with Crippen molar-refractivity contribution in [1.29, 1.82) is 0 Å². The van der Waals surface area contributed by atoms with E-state index in [2.05, 4.69) is 30.9 Å². The van der Waals surface area contributed by atoms with Gasteiger partial charge in [-0.1, -0.05) is 12.1 Å². The normalized spacial score (nSPS) is 10.3. The van der Waals surface area contributed by atoms with Crippen LogP contribution in [-0.2, 0) is 0 Å². The molecule has 1 amide bonds. The van der Waals surface area contributed by atoms with Gasteiger partial charge in [-0.2, -0.15) is 0 Å². The van der Waals surface area contributed by atoms with Crippen LogP contribution in [0.1, 0.15) is 16.2 Å². The number of nitro benzene ring substituents is 1. The van der Waals surface area contributed by atoms with Crippen molar-refractivity contribution < 1.29 is 9.72 Å². The number of aryl methyl sites for hydroxylation is 1. The van der Waals surface area contributed by atoms with Crippen molar-refractivity contribution in [2.75, 3.05) is 16.0 Å². The van der Waals surface area contributed by atoms with E-state index in [-0.39, 0.29) is 11.3 Å². The highest BCUT2D eigenvalue weighted by Gasteiger charge is 2.12. The van der Waals surface area contributed by atoms with E-state index in [1.807, 2.05) is 18.2 Å². The van der Waals surface area contributed by atoms with Gasteiger partial charge < -0.3 is 16.0 Å². The Hall–Kier alpha value is -4.86. The van der Waals surface area contributed by atoms with Crippen molar-refractivity contribution in [3.8, 4) is 0 Å². The number of pyridine rings is 1. The average Bonchev–Trinajstić information content (AvgIpc) is 2.81. The van der Waals surface area contributed by atoms with Gasteiger partial charge in [-0.25, -0.2) is 15.0 Å². The molecule has 0 radical (unpaired) electrons. The lowest BCUT2D eigenvalue weighted by Gasteiger charge is -2.11. The fourth-order valence-electron chi connectivity index (χ4n) is 3.01. The van der Waals surface area contributed by atoms with Gasteiger partial charge in [-0.15, -0.1) is 0 Å². The number of aromatic nitrogens is 3. The standard InChI is InChI=1S/C23H19N7O3/c1-15-25-21(14-22(26-15)29-20-7-2-3-12-24-20)27-17-8-10-18(11-9-17)28-23(31)16-5-4-6-19(13-16)30(32)33/h2-14H,1H3,(H,28,31)(H2,24,25,26,27,29). The first kappa shape index (κ1) is 21.4. The van der Waals surface area contributed by atoms with Crippen LogP contribution in [0.4, 0.5) is 34.5 Å². The Morgan fingerprint density at radius 2 is 1.58 bits per heavy atom. The Morgan fingerprint density at radius 1 is 0.848 bits per heavy atom. The van der Waals surface area contributed by atoms with Crippen molar-refractivity contribution in [2.45, 2.75) is 6.92 Å². The summed E-state index contributed by atoms with van der Waals surface area (Å²) >= 11 is 0. The minimum atomic E-state index is -0.538. The zero-order valence-corrected chi connectivity index (χ0v) is 17.5. The summed E-state index contributed by atoms with van der Waals surface area (Å²) in [4.78, 5) is 35.8. The third-order valence-corrected chi connectivity index (χ3v) is 4.49. The second-order valence-electron chi connectivity index (χ2n) is 6.99. The molecule has 0 aliphatic heterocycles. The van der Waals surface area contributed by atoms with Crippen molar-refractivity contribution >= 4 is 40.4 Å². The molecule has 0 fully saturated rings. The maximum atomic E-state index is 12.4. The number of hydrogen-bond acceptors (Lipinski definition) is 8. The molecular formula is C23H19N7O3. The van der Waals surface area contributed by atoms with Gasteiger partial charge in [0, 0.05) is 41.3 Å². The van der Waals surface area contributed by atoms with Crippen LogP contribution in [0.3, 0.4) is 0 Å². The van der Waals surface area contributed by atoms with E-state index < -0.39 is 10.8 Å². The summed E-state index contributed by atoms with van der Waals surface area (Å²) in [6.07, 6.45) is 1.69. The lowest BCUT2D eigenvalue weighted by molar-refractivity contribution is -0.384. The zero-order valence-electron chi connectivity index (χ0n) is 17.5. The van der Waals surface area contributed by atoms with Crippen molar-refractivity contribution in [3.05, 3.63) is 100 Å². The van der Waals surface area contributed by atoms with Crippen LogP contribution in [0.15, 0.2) is 79.0 Å². The summed E-state index contributed by atoms with van der Waals surface area (Å²) in [5.41, 5.74) is 1.37. The molecule has 0 saturated heterocycles. The summed E-state index contributed by atoms with van der Waals surface area (Å²) in [5, 5.41) is 20.0. The summed E-state index contributed by atoms with van der Waals surface area (Å²) in [6, 6.07) is 19.9. The number of rotatable bonds is 7. The number of amides is 1. The van der Waals surface area contributed by atoms with Crippen LogP contribution >= 0.6 is 0 Å². The van der Waals surface area contributed by atoms with Gasteiger partial charge in [0.25, 0.3) is 11.6 Å². The minimum absolute atomic E-state index is 0.140. The third-order valence-electron chi connectivity index (χ3n) is 4.49. The van der Waals surface area contributed by atoms with Gasteiger partial charge in [-0.05, 0) is 49.4 Å². The molecule has 0 bridgehead atoms. The van der Waals surface area contributed by atoms with Gasteiger partial charge in [0.05, 0.1) is 4.92 Å². The number of nitro groups is 1. The monoisotopic (exact) mass is 441 g/mol. The molecule has 0 unspecified atom stereocenters. The van der Waals surface area contributed by atoms with Gasteiger partial charge >= 0.3 is 0 Å². The topological polar surface area (TPSA) is 135 Å². The fraction of sp³-hybridized carbons (Fsp3) is 0.0435. The molecule has 10 nitrogen and oxygen atoms in total. The number of non-ortho nitro benzene ring substituents is 1.